The molecule has 0 bridgehead atoms. The first kappa shape index (κ1) is 19.3. The second-order valence-electron chi connectivity index (χ2n) is 6.08. The first-order valence-corrected chi connectivity index (χ1v) is 8.18. The predicted molar refractivity (Wildman–Crippen MR) is 99.5 cm³/mol. The van der Waals surface area contributed by atoms with Crippen molar-refractivity contribution >= 4 is 23.3 Å². The number of carbonyl (C=O) groups is 3. The molecule has 0 aliphatic rings. The Morgan fingerprint density at radius 2 is 1.81 bits per heavy atom. The minimum absolute atomic E-state index is 0.0818. The van der Waals surface area contributed by atoms with Crippen molar-refractivity contribution in [1.82, 2.24) is 15.2 Å². The Hall–Kier alpha value is -3.06. The van der Waals surface area contributed by atoms with Gasteiger partial charge in [0.15, 0.2) is 5.78 Å². The average Bonchev–Trinajstić information content (AvgIpc) is 2.61. The summed E-state index contributed by atoms with van der Waals surface area (Å²) in [7, 11) is 3.83. The number of aromatic nitrogens is 1. The summed E-state index contributed by atoms with van der Waals surface area (Å²) >= 11 is 0. The van der Waals surface area contributed by atoms with Crippen LogP contribution in [0.5, 0.6) is 0 Å². The van der Waals surface area contributed by atoms with Crippen molar-refractivity contribution in [2.24, 2.45) is 0 Å². The molecule has 0 unspecified atom stereocenters. The van der Waals surface area contributed by atoms with Gasteiger partial charge in [-0.15, -0.1) is 0 Å². The lowest BCUT2D eigenvalue weighted by molar-refractivity contribution is 0.0945. The molecule has 2 amide bonds. The number of likely N-dealkylation sites (N-methyl/N-ethyl adjacent to an activating group) is 1. The van der Waals surface area contributed by atoms with Gasteiger partial charge in [-0.2, -0.15) is 0 Å². The molecule has 26 heavy (non-hydrogen) atoms. The summed E-state index contributed by atoms with van der Waals surface area (Å²) in [6.45, 7) is 2.66. The van der Waals surface area contributed by atoms with Crippen molar-refractivity contribution in [2.75, 3.05) is 32.5 Å². The first-order chi connectivity index (χ1) is 12.4. The van der Waals surface area contributed by atoms with Crippen molar-refractivity contribution in [2.45, 2.75) is 6.92 Å². The fourth-order valence-corrected chi connectivity index (χ4v) is 2.20. The Labute approximate surface area is 152 Å². The van der Waals surface area contributed by atoms with Crippen LogP contribution in [-0.2, 0) is 0 Å². The van der Waals surface area contributed by atoms with Crippen LogP contribution >= 0.6 is 0 Å². The molecule has 0 aliphatic heterocycles. The van der Waals surface area contributed by atoms with Gasteiger partial charge in [0.2, 0.25) is 0 Å². The number of hydrogen-bond acceptors (Lipinski definition) is 5. The van der Waals surface area contributed by atoms with E-state index >= 15 is 0 Å². The zero-order valence-corrected chi connectivity index (χ0v) is 15.1. The van der Waals surface area contributed by atoms with E-state index in [0.29, 0.717) is 29.9 Å². The Morgan fingerprint density at radius 3 is 2.50 bits per heavy atom. The molecule has 0 spiro atoms. The molecule has 1 heterocycles. The number of carbonyl (C=O) groups excluding carboxylic acids is 3. The maximum Gasteiger partial charge on any atom is 0.269 e. The molecule has 0 fully saturated rings. The third kappa shape index (κ3) is 5.49. The van der Waals surface area contributed by atoms with E-state index in [-0.39, 0.29) is 23.3 Å². The van der Waals surface area contributed by atoms with Gasteiger partial charge in [-0.1, -0.05) is 12.1 Å². The van der Waals surface area contributed by atoms with Crippen molar-refractivity contribution in [3.8, 4) is 0 Å². The van der Waals surface area contributed by atoms with Gasteiger partial charge in [-0.3, -0.25) is 19.4 Å². The topological polar surface area (TPSA) is 91.4 Å². The number of Topliss-reactive ketones (excluding diaryl/α,β-unsaturated/α-hetero) is 1. The van der Waals surface area contributed by atoms with E-state index < -0.39 is 0 Å². The second kappa shape index (κ2) is 8.87. The van der Waals surface area contributed by atoms with E-state index in [9.17, 15) is 14.4 Å². The summed E-state index contributed by atoms with van der Waals surface area (Å²) in [5.41, 5.74) is 1.51. The number of rotatable bonds is 7. The number of ketones is 1. The molecule has 0 radical (unpaired) electrons. The zero-order valence-electron chi connectivity index (χ0n) is 15.1. The van der Waals surface area contributed by atoms with Crippen molar-refractivity contribution in [3.05, 3.63) is 59.4 Å². The molecule has 2 aromatic rings. The number of amides is 2. The smallest absolute Gasteiger partial charge is 0.269 e. The minimum Gasteiger partial charge on any atom is -0.349 e. The van der Waals surface area contributed by atoms with Crippen molar-refractivity contribution in [1.29, 1.82) is 0 Å². The van der Waals surface area contributed by atoms with Crippen molar-refractivity contribution < 1.29 is 14.4 Å². The lowest BCUT2D eigenvalue weighted by Gasteiger charge is -2.10. The van der Waals surface area contributed by atoms with Crippen LogP contribution in [0.1, 0.15) is 38.1 Å². The first-order valence-electron chi connectivity index (χ1n) is 8.18. The number of nitrogens with one attached hydrogen (secondary N) is 2. The van der Waals surface area contributed by atoms with E-state index in [2.05, 4.69) is 15.6 Å². The molecule has 1 aromatic carbocycles. The second-order valence-corrected chi connectivity index (χ2v) is 6.08. The molecule has 7 nitrogen and oxygen atoms in total. The Balaban J connectivity index is 2.06. The number of benzene rings is 1. The Morgan fingerprint density at radius 1 is 1.04 bits per heavy atom. The van der Waals surface area contributed by atoms with E-state index in [1.165, 1.54) is 25.3 Å². The van der Waals surface area contributed by atoms with E-state index in [0.717, 1.165) is 0 Å². The van der Waals surface area contributed by atoms with Crippen LogP contribution in [0.3, 0.4) is 0 Å². The lowest BCUT2D eigenvalue weighted by atomic mass is 10.1. The molecule has 2 rings (SSSR count). The Bertz CT molecular complexity index is 818. The van der Waals surface area contributed by atoms with Gasteiger partial charge < -0.3 is 15.5 Å². The van der Waals surface area contributed by atoms with E-state index in [4.69, 9.17) is 0 Å². The van der Waals surface area contributed by atoms with Gasteiger partial charge >= 0.3 is 0 Å². The van der Waals surface area contributed by atoms with Gasteiger partial charge in [0.25, 0.3) is 11.8 Å². The van der Waals surface area contributed by atoms with Crippen LogP contribution < -0.4 is 10.6 Å². The molecule has 0 aliphatic carbocycles. The average molecular weight is 354 g/mol. The zero-order chi connectivity index (χ0) is 19.1. The number of anilines is 1. The van der Waals surface area contributed by atoms with Crippen LogP contribution in [0.4, 0.5) is 5.69 Å². The molecule has 0 atom stereocenters. The number of pyridine rings is 1. The molecular weight excluding hydrogens is 332 g/mol. The highest BCUT2D eigenvalue weighted by molar-refractivity contribution is 6.06. The molecule has 1 aromatic heterocycles. The molecule has 0 saturated carbocycles. The number of nitrogens with zero attached hydrogens (tertiary/aromatic N) is 2. The van der Waals surface area contributed by atoms with Crippen LogP contribution in [0, 0.1) is 0 Å². The summed E-state index contributed by atoms with van der Waals surface area (Å²) in [6, 6.07) is 9.65. The number of hydrogen-bond donors (Lipinski definition) is 2. The van der Waals surface area contributed by atoms with Gasteiger partial charge in [0, 0.05) is 36.1 Å². The molecular formula is C19H22N4O3. The third-order valence-corrected chi connectivity index (χ3v) is 3.63. The quantitative estimate of drug-likeness (QED) is 0.740. The lowest BCUT2D eigenvalue weighted by Crippen LogP contribution is -2.32. The SMILES string of the molecule is CC(=O)c1cccc(NC(=O)c2ccnc(C(=O)NCCN(C)C)c2)c1. The monoisotopic (exact) mass is 354 g/mol. The molecule has 2 N–H and O–H groups in total. The summed E-state index contributed by atoms with van der Waals surface area (Å²) in [5.74, 6) is -0.794. The summed E-state index contributed by atoms with van der Waals surface area (Å²) in [6.07, 6.45) is 1.42. The molecule has 0 saturated heterocycles. The van der Waals surface area contributed by atoms with Crippen LogP contribution in [0.2, 0.25) is 0 Å². The van der Waals surface area contributed by atoms with Gasteiger partial charge in [0.1, 0.15) is 5.69 Å². The summed E-state index contributed by atoms with van der Waals surface area (Å²) < 4.78 is 0. The molecule has 136 valence electrons. The van der Waals surface area contributed by atoms with Gasteiger partial charge in [-0.05, 0) is 45.3 Å². The van der Waals surface area contributed by atoms with Crippen LogP contribution in [0.25, 0.3) is 0 Å². The summed E-state index contributed by atoms with van der Waals surface area (Å²) in [5, 5.41) is 5.47. The minimum atomic E-state index is -0.379. The van der Waals surface area contributed by atoms with E-state index in [1.54, 1.807) is 24.3 Å². The largest absolute Gasteiger partial charge is 0.349 e. The standard InChI is InChI=1S/C19H22N4O3/c1-13(24)14-5-4-6-16(11-14)22-18(25)15-7-8-20-17(12-15)19(26)21-9-10-23(2)3/h4-8,11-12H,9-10H2,1-3H3,(H,21,26)(H,22,25). The van der Waals surface area contributed by atoms with Crippen LogP contribution in [-0.4, -0.2) is 54.7 Å². The van der Waals surface area contributed by atoms with E-state index in [1.807, 2.05) is 19.0 Å². The maximum absolute atomic E-state index is 12.4. The maximum atomic E-state index is 12.4. The van der Waals surface area contributed by atoms with Crippen LogP contribution in [0.15, 0.2) is 42.6 Å². The van der Waals surface area contributed by atoms with Gasteiger partial charge in [0.05, 0.1) is 0 Å². The molecule has 7 heteroatoms. The summed E-state index contributed by atoms with van der Waals surface area (Å²) in [4.78, 5) is 41.9. The van der Waals surface area contributed by atoms with Gasteiger partial charge in [-0.25, -0.2) is 0 Å². The third-order valence-electron chi connectivity index (χ3n) is 3.63. The van der Waals surface area contributed by atoms with Crippen molar-refractivity contribution in [3.63, 3.8) is 0 Å². The fraction of sp³-hybridized carbons (Fsp3) is 0.263. The highest BCUT2D eigenvalue weighted by atomic mass is 16.2. The predicted octanol–water partition coefficient (Wildman–Crippen LogP) is 1.83. The normalized spacial score (nSPS) is 10.5. The highest BCUT2D eigenvalue weighted by Gasteiger charge is 2.12. The Kier molecular flexibility index (Phi) is 6.57. The fourth-order valence-electron chi connectivity index (χ4n) is 2.20. The highest BCUT2D eigenvalue weighted by Crippen LogP contribution is 2.13.